The van der Waals surface area contributed by atoms with Gasteiger partial charge in [-0.1, -0.05) is 25.5 Å². The number of hydrogen-bond acceptors (Lipinski definition) is 4. The van der Waals surface area contributed by atoms with Gasteiger partial charge in [0.2, 0.25) is 5.91 Å². The minimum atomic E-state index is -0.0287. The molecule has 0 saturated carbocycles. The lowest BCUT2D eigenvalue weighted by Gasteiger charge is -2.07. The number of nitrogens with zero attached hydrogens (tertiary/aromatic N) is 1. The van der Waals surface area contributed by atoms with Crippen LogP contribution in [-0.4, -0.2) is 16.0 Å². The number of fused-ring (bicyclic) bond motifs is 1. The van der Waals surface area contributed by atoms with E-state index in [1.54, 1.807) is 18.2 Å². The van der Waals surface area contributed by atoms with E-state index in [9.17, 15) is 9.90 Å². The Morgan fingerprint density at radius 3 is 2.83 bits per heavy atom. The predicted octanol–water partition coefficient (Wildman–Crippen LogP) is 4.80. The third-order valence-corrected chi connectivity index (χ3v) is 4.63. The van der Waals surface area contributed by atoms with E-state index in [0.29, 0.717) is 17.7 Å². The number of hydrogen-bond donors (Lipinski definition) is 2. The number of anilines is 1. The maximum absolute atomic E-state index is 11.8. The molecule has 2 aromatic carbocycles. The first-order chi connectivity index (χ1) is 11.2. The van der Waals surface area contributed by atoms with Crippen molar-refractivity contribution in [1.29, 1.82) is 0 Å². The highest BCUT2D eigenvalue weighted by Gasteiger charge is 2.11. The normalized spacial score (nSPS) is 10.8. The van der Waals surface area contributed by atoms with Crippen LogP contribution in [0.4, 0.5) is 5.69 Å². The Morgan fingerprint density at radius 1 is 1.26 bits per heavy atom. The largest absolute Gasteiger partial charge is 0.507 e. The van der Waals surface area contributed by atoms with Crippen LogP contribution in [0.3, 0.4) is 0 Å². The molecular formula is C18H18N2O2S. The lowest BCUT2D eigenvalue weighted by Crippen LogP contribution is -2.10. The fourth-order valence-electron chi connectivity index (χ4n) is 2.34. The number of rotatable bonds is 5. The minimum absolute atomic E-state index is 0.0287. The van der Waals surface area contributed by atoms with Gasteiger partial charge in [-0.15, -0.1) is 11.3 Å². The molecule has 2 N–H and O–H groups in total. The molecule has 0 saturated heterocycles. The number of aromatic nitrogens is 1. The first kappa shape index (κ1) is 15.5. The van der Waals surface area contributed by atoms with E-state index in [4.69, 9.17) is 0 Å². The number of amides is 1. The number of carbonyl (C=O) groups is 1. The maximum Gasteiger partial charge on any atom is 0.224 e. The molecule has 0 spiro atoms. The Bertz CT molecular complexity index is 809. The van der Waals surface area contributed by atoms with Crippen LogP contribution in [0, 0.1) is 0 Å². The van der Waals surface area contributed by atoms with E-state index in [2.05, 4.69) is 10.3 Å². The van der Waals surface area contributed by atoms with Gasteiger partial charge in [-0.05, 0) is 30.7 Å². The molecule has 118 valence electrons. The second-order valence-corrected chi connectivity index (χ2v) is 6.40. The number of para-hydroxylation sites is 1. The molecule has 1 aromatic heterocycles. The van der Waals surface area contributed by atoms with E-state index in [1.165, 1.54) is 11.3 Å². The quantitative estimate of drug-likeness (QED) is 0.708. The minimum Gasteiger partial charge on any atom is -0.507 e. The molecule has 3 rings (SSSR count). The summed E-state index contributed by atoms with van der Waals surface area (Å²) >= 11 is 1.54. The van der Waals surface area contributed by atoms with Gasteiger partial charge in [-0.25, -0.2) is 4.98 Å². The van der Waals surface area contributed by atoms with Gasteiger partial charge in [0, 0.05) is 18.2 Å². The number of aromatic hydroxyl groups is 1. The Labute approximate surface area is 138 Å². The zero-order valence-electron chi connectivity index (χ0n) is 12.9. The molecule has 0 unspecified atom stereocenters. The summed E-state index contributed by atoms with van der Waals surface area (Å²) in [6, 6.07) is 13.0. The van der Waals surface area contributed by atoms with Gasteiger partial charge < -0.3 is 10.4 Å². The molecule has 0 aliphatic carbocycles. The zero-order valence-corrected chi connectivity index (χ0v) is 13.7. The first-order valence-electron chi connectivity index (χ1n) is 7.66. The number of phenols is 1. The lowest BCUT2D eigenvalue weighted by atomic mass is 10.1. The van der Waals surface area contributed by atoms with Crippen LogP contribution in [-0.2, 0) is 4.79 Å². The van der Waals surface area contributed by atoms with Crippen molar-refractivity contribution in [3.63, 3.8) is 0 Å². The summed E-state index contributed by atoms with van der Waals surface area (Å²) in [5.41, 5.74) is 2.20. The molecule has 0 bridgehead atoms. The van der Waals surface area contributed by atoms with Crippen LogP contribution in [0.5, 0.6) is 5.75 Å². The monoisotopic (exact) mass is 326 g/mol. The summed E-state index contributed by atoms with van der Waals surface area (Å²) in [5.74, 6) is 0.0938. The average Bonchev–Trinajstić information content (AvgIpc) is 2.96. The molecule has 23 heavy (non-hydrogen) atoms. The zero-order chi connectivity index (χ0) is 16.2. The van der Waals surface area contributed by atoms with Crippen molar-refractivity contribution in [2.24, 2.45) is 0 Å². The highest BCUT2D eigenvalue weighted by Crippen LogP contribution is 2.36. The molecule has 0 radical (unpaired) electrons. The van der Waals surface area contributed by atoms with E-state index >= 15 is 0 Å². The standard InChI is InChI=1S/C18H18N2O2S/c1-2-3-8-17(22)19-12-9-10-13(15(21)11-12)18-20-14-6-4-5-7-16(14)23-18/h4-7,9-11,21H,2-3,8H2,1H3,(H,19,22). The maximum atomic E-state index is 11.8. The average molecular weight is 326 g/mol. The van der Waals surface area contributed by atoms with Crippen molar-refractivity contribution in [1.82, 2.24) is 4.98 Å². The molecule has 0 aliphatic heterocycles. The molecule has 5 heteroatoms. The fraction of sp³-hybridized carbons (Fsp3) is 0.222. The van der Waals surface area contributed by atoms with Crippen molar-refractivity contribution in [2.45, 2.75) is 26.2 Å². The molecule has 1 amide bonds. The lowest BCUT2D eigenvalue weighted by molar-refractivity contribution is -0.116. The van der Waals surface area contributed by atoms with Crippen LogP contribution in [0.1, 0.15) is 26.2 Å². The number of phenolic OH excluding ortho intramolecular Hbond substituents is 1. The van der Waals surface area contributed by atoms with Gasteiger partial charge in [0.15, 0.2) is 0 Å². The van der Waals surface area contributed by atoms with Crippen LogP contribution < -0.4 is 5.32 Å². The van der Waals surface area contributed by atoms with E-state index in [0.717, 1.165) is 28.1 Å². The van der Waals surface area contributed by atoms with E-state index in [-0.39, 0.29) is 11.7 Å². The number of nitrogens with one attached hydrogen (secondary N) is 1. The van der Waals surface area contributed by atoms with Crippen LogP contribution in [0.25, 0.3) is 20.8 Å². The highest BCUT2D eigenvalue weighted by atomic mass is 32.1. The summed E-state index contributed by atoms with van der Waals surface area (Å²) in [6.45, 7) is 2.05. The molecule has 0 atom stereocenters. The fourth-order valence-corrected chi connectivity index (χ4v) is 3.34. The van der Waals surface area contributed by atoms with Gasteiger partial charge in [0.25, 0.3) is 0 Å². The van der Waals surface area contributed by atoms with Gasteiger partial charge in [0.05, 0.1) is 15.8 Å². The van der Waals surface area contributed by atoms with Gasteiger partial charge in [0.1, 0.15) is 10.8 Å². The second kappa shape index (κ2) is 6.79. The van der Waals surface area contributed by atoms with Crippen LogP contribution in [0.15, 0.2) is 42.5 Å². The first-order valence-corrected chi connectivity index (χ1v) is 8.48. The van der Waals surface area contributed by atoms with Crippen molar-refractivity contribution < 1.29 is 9.90 Å². The highest BCUT2D eigenvalue weighted by molar-refractivity contribution is 7.21. The molecule has 3 aromatic rings. The SMILES string of the molecule is CCCCC(=O)Nc1ccc(-c2nc3ccccc3s2)c(O)c1. The molecular weight excluding hydrogens is 308 g/mol. The number of benzene rings is 2. The van der Waals surface area contributed by atoms with Crippen LogP contribution in [0.2, 0.25) is 0 Å². The Kier molecular flexibility index (Phi) is 4.57. The molecule has 0 aliphatic rings. The summed E-state index contributed by atoms with van der Waals surface area (Å²) in [6.07, 6.45) is 2.34. The third kappa shape index (κ3) is 3.51. The molecule has 4 nitrogen and oxygen atoms in total. The van der Waals surface area contributed by atoms with E-state index in [1.807, 2.05) is 31.2 Å². The van der Waals surface area contributed by atoms with Crippen LogP contribution >= 0.6 is 11.3 Å². The summed E-state index contributed by atoms with van der Waals surface area (Å²) in [4.78, 5) is 16.3. The van der Waals surface area contributed by atoms with Crippen molar-refractivity contribution in [3.05, 3.63) is 42.5 Å². The van der Waals surface area contributed by atoms with Crippen molar-refractivity contribution in [3.8, 4) is 16.3 Å². The predicted molar refractivity (Wildman–Crippen MR) is 94.9 cm³/mol. The second-order valence-electron chi connectivity index (χ2n) is 5.37. The Morgan fingerprint density at radius 2 is 2.09 bits per heavy atom. The van der Waals surface area contributed by atoms with Crippen molar-refractivity contribution in [2.75, 3.05) is 5.32 Å². The summed E-state index contributed by atoms with van der Waals surface area (Å²) in [7, 11) is 0. The number of carbonyl (C=O) groups excluding carboxylic acids is 1. The number of thiazole rings is 1. The van der Waals surface area contributed by atoms with E-state index < -0.39 is 0 Å². The third-order valence-electron chi connectivity index (χ3n) is 3.56. The molecule has 0 fully saturated rings. The Hall–Kier alpha value is -2.40. The number of unbranched alkanes of at least 4 members (excludes halogenated alkanes) is 1. The van der Waals surface area contributed by atoms with Crippen molar-refractivity contribution >= 4 is 33.1 Å². The van der Waals surface area contributed by atoms with Gasteiger partial charge >= 0.3 is 0 Å². The Balaban J connectivity index is 1.83. The summed E-state index contributed by atoms with van der Waals surface area (Å²) in [5, 5.41) is 13.9. The summed E-state index contributed by atoms with van der Waals surface area (Å²) < 4.78 is 1.08. The smallest absolute Gasteiger partial charge is 0.224 e. The van der Waals surface area contributed by atoms with Gasteiger partial charge in [-0.3, -0.25) is 4.79 Å². The topological polar surface area (TPSA) is 62.2 Å². The van der Waals surface area contributed by atoms with Gasteiger partial charge in [-0.2, -0.15) is 0 Å². The molecule has 1 heterocycles.